The van der Waals surface area contributed by atoms with Crippen LogP contribution in [-0.4, -0.2) is 19.7 Å². The van der Waals surface area contributed by atoms with Gasteiger partial charge in [-0.3, -0.25) is 0 Å². The smallest absolute Gasteiger partial charge is 0.120 e. The molecule has 0 heterocycles. The minimum atomic E-state index is 0.734. The van der Waals surface area contributed by atoms with E-state index in [2.05, 4.69) is 12.2 Å². The second kappa shape index (κ2) is 10.2. The summed E-state index contributed by atoms with van der Waals surface area (Å²) in [5.41, 5.74) is 0. The topological polar surface area (TPSA) is 25.8 Å². The van der Waals surface area contributed by atoms with E-state index in [-0.39, 0.29) is 0 Å². The Morgan fingerprint density at radius 3 is 2.72 bits per heavy atom. The molecule has 0 aliphatic rings. The van der Waals surface area contributed by atoms with Gasteiger partial charge < -0.3 is 10.1 Å². The van der Waals surface area contributed by atoms with Gasteiger partial charge in [0.15, 0.2) is 0 Å². The predicted octanol–water partition coefficient (Wildman–Crippen LogP) is 3.25. The van der Waals surface area contributed by atoms with Crippen molar-refractivity contribution in [1.29, 1.82) is 0 Å². The van der Waals surface area contributed by atoms with Crippen LogP contribution >= 0.6 is 11.6 Å². The lowest BCUT2D eigenvalue weighted by molar-refractivity contribution is -0.655. The third-order valence-electron chi connectivity index (χ3n) is 2.88. The Balaban J connectivity index is 1.92. The van der Waals surface area contributed by atoms with Crippen molar-refractivity contribution in [3.8, 4) is 5.75 Å². The van der Waals surface area contributed by atoms with Crippen LogP contribution in [0.2, 0.25) is 5.02 Å². The van der Waals surface area contributed by atoms with Gasteiger partial charge in [-0.25, -0.2) is 0 Å². The zero-order valence-electron chi connectivity index (χ0n) is 11.3. The van der Waals surface area contributed by atoms with E-state index in [4.69, 9.17) is 16.3 Å². The Morgan fingerprint density at radius 1 is 1.11 bits per heavy atom. The summed E-state index contributed by atoms with van der Waals surface area (Å²) in [6, 6.07) is 7.59. The van der Waals surface area contributed by atoms with Gasteiger partial charge in [-0.1, -0.05) is 31.0 Å². The number of unbranched alkanes of at least 4 members (excludes halogenated alkanes) is 3. The van der Waals surface area contributed by atoms with Gasteiger partial charge in [-0.15, -0.1) is 0 Å². The highest BCUT2D eigenvalue weighted by atomic mass is 35.5. The molecule has 0 radical (unpaired) electrons. The molecule has 0 fully saturated rings. The molecule has 0 spiro atoms. The molecule has 0 aliphatic carbocycles. The molecule has 1 aromatic carbocycles. The molecule has 0 atom stereocenters. The van der Waals surface area contributed by atoms with Crippen LogP contribution in [0, 0.1) is 0 Å². The van der Waals surface area contributed by atoms with E-state index in [9.17, 15) is 0 Å². The number of ether oxygens (including phenoxy) is 1. The van der Waals surface area contributed by atoms with E-state index < -0.39 is 0 Å². The summed E-state index contributed by atoms with van der Waals surface area (Å²) < 4.78 is 5.64. The zero-order chi connectivity index (χ0) is 13.1. The Labute approximate surface area is 116 Å². The minimum absolute atomic E-state index is 0.734. The Bertz CT molecular complexity index is 317. The fourth-order valence-corrected chi connectivity index (χ4v) is 1.99. The van der Waals surface area contributed by atoms with Crippen molar-refractivity contribution < 1.29 is 10.1 Å². The molecule has 18 heavy (non-hydrogen) atoms. The summed E-state index contributed by atoms with van der Waals surface area (Å²) >= 11 is 5.88. The number of hydrogen-bond donors (Lipinski definition) is 1. The monoisotopic (exact) mass is 270 g/mol. The second-order valence-electron chi connectivity index (χ2n) is 4.59. The molecule has 0 unspecified atom stereocenters. The number of nitrogens with two attached hydrogens (primary N) is 1. The van der Waals surface area contributed by atoms with Gasteiger partial charge in [-0.2, -0.15) is 0 Å². The van der Waals surface area contributed by atoms with E-state index in [1.165, 1.54) is 38.8 Å². The van der Waals surface area contributed by atoms with Gasteiger partial charge >= 0.3 is 0 Å². The van der Waals surface area contributed by atoms with Gasteiger partial charge in [0.1, 0.15) is 5.75 Å². The van der Waals surface area contributed by atoms with E-state index in [0.29, 0.717) is 0 Å². The van der Waals surface area contributed by atoms with E-state index in [1.54, 1.807) is 0 Å². The predicted molar refractivity (Wildman–Crippen MR) is 77.4 cm³/mol. The fraction of sp³-hybridized carbons (Fsp3) is 0.600. The van der Waals surface area contributed by atoms with Crippen molar-refractivity contribution >= 4 is 11.6 Å². The summed E-state index contributed by atoms with van der Waals surface area (Å²) in [7, 11) is 0. The molecule has 0 saturated heterocycles. The molecule has 2 N–H and O–H groups in total. The molecule has 0 aliphatic heterocycles. The van der Waals surface area contributed by atoms with Gasteiger partial charge in [0, 0.05) is 5.02 Å². The van der Waals surface area contributed by atoms with Gasteiger partial charge in [-0.05, 0) is 43.9 Å². The highest BCUT2D eigenvalue weighted by Gasteiger charge is 1.96. The normalized spacial score (nSPS) is 10.6. The SMILES string of the molecule is CCCC[NH2+]CCCCCOc1cccc(Cl)c1. The molecule has 0 saturated carbocycles. The molecule has 0 amide bonds. The average Bonchev–Trinajstić information content (AvgIpc) is 2.37. The molecular weight excluding hydrogens is 246 g/mol. The van der Waals surface area contributed by atoms with Crippen LogP contribution in [0.15, 0.2) is 24.3 Å². The van der Waals surface area contributed by atoms with Crippen molar-refractivity contribution in [1.82, 2.24) is 0 Å². The lowest BCUT2D eigenvalue weighted by atomic mass is 10.2. The third kappa shape index (κ3) is 7.57. The number of rotatable bonds is 10. The largest absolute Gasteiger partial charge is 0.494 e. The number of halogens is 1. The Kier molecular flexibility index (Phi) is 8.70. The van der Waals surface area contributed by atoms with Crippen LogP contribution in [0.1, 0.15) is 39.0 Å². The maximum atomic E-state index is 5.88. The van der Waals surface area contributed by atoms with Crippen LogP contribution in [-0.2, 0) is 0 Å². The quantitative estimate of drug-likeness (QED) is 0.649. The van der Waals surface area contributed by atoms with E-state index in [0.717, 1.165) is 23.8 Å². The molecule has 0 bridgehead atoms. The molecule has 1 aromatic rings. The Morgan fingerprint density at radius 2 is 1.94 bits per heavy atom. The summed E-state index contributed by atoms with van der Waals surface area (Å²) in [5, 5.41) is 3.15. The minimum Gasteiger partial charge on any atom is -0.494 e. The molecule has 1 rings (SSSR count). The van der Waals surface area contributed by atoms with Crippen LogP contribution in [0.3, 0.4) is 0 Å². The van der Waals surface area contributed by atoms with Crippen molar-refractivity contribution in [2.24, 2.45) is 0 Å². The first-order valence-corrected chi connectivity index (χ1v) is 7.40. The van der Waals surface area contributed by atoms with Gasteiger partial charge in [0.2, 0.25) is 0 Å². The van der Waals surface area contributed by atoms with E-state index in [1.807, 2.05) is 24.3 Å². The molecule has 102 valence electrons. The fourth-order valence-electron chi connectivity index (χ4n) is 1.81. The lowest BCUT2D eigenvalue weighted by Gasteiger charge is -2.06. The van der Waals surface area contributed by atoms with Gasteiger partial charge in [0.05, 0.1) is 19.7 Å². The maximum Gasteiger partial charge on any atom is 0.120 e. The number of hydrogen-bond acceptors (Lipinski definition) is 1. The van der Waals surface area contributed by atoms with Crippen molar-refractivity contribution in [3.63, 3.8) is 0 Å². The van der Waals surface area contributed by atoms with Crippen molar-refractivity contribution in [2.75, 3.05) is 19.7 Å². The maximum absolute atomic E-state index is 5.88. The molecule has 2 nitrogen and oxygen atoms in total. The highest BCUT2D eigenvalue weighted by Crippen LogP contribution is 2.17. The second-order valence-corrected chi connectivity index (χ2v) is 5.02. The lowest BCUT2D eigenvalue weighted by Crippen LogP contribution is -2.84. The van der Waals surface area contributed by atoms with Crippen LogP contribution in [0.4, 0.5) is 0 Å². The first-order chi connectivity index (χ1) is 8.83. The van der Waals surface area contributed by atoms with Crippen molar-refractivity contribution in [3.05, 3.63) is 29.3 Å². The molecule has 3 heteroatoms. The van der Waals surface area contributed by atoms with E-state index >= 15 is 0 Å². The molecular formula is C15H25ClNO+. The van der Waals surface area contributed by atoms with Gasteiger partial charge in [0.25, 0.3) is 0 Å². The highest BCUT2D eigenvalue weighted by molar-refractivity contribution is 6.30. The summed E-state index contributed by atoms with van der Waals surface area (Å²) in [6.07, 6.45) is 6.27. The van der Waals surface area contributed by atoms with Crippen LogP contribution in [0.25, 0.3) is 0 Å². The third-order valence-corrected chi connectivity index (χ3v) is 3.11. The average molecular weight is 271 g/mol. The summed E-state index contributed by atoms with van der Waals surface area (Å²) in [4.78, 5) is 0. The summed E-state index contributed by atoms with van der Waals surface area (Å²) in [5.74, 6) is 0.872. The number of benzene rings is 1. The number of quaternary nitrogens is 1. The standard InChI is InChI=1S/C15H24ClNO/c1-2-3-10-17-11-5-4-6-12-18-15-9-7-8-14(16)13-15/h7-9,13,17H,2-6,10-12H2,1H3/p+1. The zero-order valence-corrected chi connectivity index (χ0v) is 12.1. The first kappa shape index (κ1) is 15.3. The summed E-state index contributed by atoms with van der Waals surface area (Å²) in [6.45, 7) is 5.54. The van der Waals surface area contributed by atoms with Crippen molar-refractivity contribution in [2.45, 2.75) is 39.0 Å². The molecule has 0 aromatic heterocycles. The first-order valence-electron chi connectivity index (χ1n) is 7.03. The van der Waals surface area contributed by atoms with Crippen LogP contribution < -0.4 is 10.1 Å². The Hall–Kier alpha value is -0.730. The van der Waals surface area contributed by atoms with Crippen LogP contribution in [0.5, 0.6) is 5.75 Å².